The zero-order chi connectivity index (χ0) is 18.6. The lowest BCUT2D eigenvalue weighted by Crippen LogP contribution is -2.09. The van der Waals surface area contributed by atoms with E-state index >= 15 is 0 Å². The van der Waals surface area contributed by atoms with Crippen LogP contribution in [-0.2, 0) is 6.42 Å². The van der Waals surface area contributed by atoms with Gasteiger partial charge in [-0.2, -0.15) is 0 Å². The smallest absolute Gasteiger partial charge is 0.130 e. The molecule has 2 aromatic rings. The average Bonchev–Trinajstić information content (AvgIpc) is 2.89. The van der Waals surface area contributed by atoms with E-state index in [9.17, 15) is 0 Å². The molecule has 0 atom stereocenters. The maximum Gasteiger partial charge on any atom is 0.130 e. The summed E-state index contributed by atoms with van der Waals surface area (Å²) in [7, 11) is 0. The van der Waals surface area contributed by atoms with Crippen LogP contribution in [0, 0.1) is 0 Å². The van der Waals surface area contributed by atoms with Gasteiger partial charge in [0, 0.05) is 17.3 Å². The highest BCUT2D eigenvalue weighted by molar-refractivity contribution is 9.10. The van der Waals surface area contributed by atoms with Gasteiger partial charge < -0.3 is 4.74 Å². The van der Waals surface area contributed by atoms with Crippen LogP contribution in [0.3, 0.4) is 0 Å². The molecule has 27 heavy (non-hydrogen) atoms. The molecule has 0 aromatic heterocycles. The van der Waals surface area contributed by atoms with Gasteiger partial charge in [-0.15, -0.1) is 0 Å². The van der Waals surface area contributed by atoms with Crippen molar-refractivity contribution in [3.8, 4) is 5.75 Å². The number of hydrogen-bond donors (Lipinski definition) is 0. The zero-order valence-electron chi connectivity index (χ0n) is 15.1. The Balaban J connectivity index is 1.52. The molecular formula is C25H21BrO. The molecule has 0 fully saturated rings. The average molecular weight is 417 g/mol. The Hall–Kier alpha value is -2.58. The molecule has 0 amide bonds. The van der Waals surface area contributed by atoms with Gasteiger partial charge in [-0.3, -0.25) is 0 Å². The predicted octanol–water partition coefficient (Wildman–Crippen LogP) is 7.18. The topological polar surface area (TPSA) is 9.23 Å². The summed E-state index contributed by atoms with van der Waals surface area (Å²) in [6.45, 7) is 3.99. The molecule has 0 unspecified atom stereocenters. The number of rotatable bonds is 4. The van der Waals surface area contributed by atoms with Crippen LogP contribution < -0.4 is 4.74 Å². The Morgan fingerprint density at radius 2 is 1.89 bits per heavy atom. The first-order chi connectivity index (χ1) is 13.2. The van der Waals surface area contributed by atoms with Crippen LogP contribution in [0.25, 0.3) is 5.57 Å². The fraction of sp³-hybridized carbons (Fsp3) is 0.120. The second-order valence-electron chi connectivity index (χ2n) is 6.77. The Labute approximate surface area is 169 Å². The summed E-state index contributed by atoms with van der Waals surface area (Å²) in [6.07, 6.45) is 13.4. The lowest BCUT2D eigenvalue weighted by atomic mass is 9.97. The summed E-state index contributed by atoms with van der Waals surface area (Å²) >= 11 is 3.49. The van der Waals surface area contributed by atoms with Crippen molar-refractivity contribution in [1.82, 2.24) is 0 Å². The van der Waals surface area contributed by atoms with Crippen LogP contribution in [0.1, 0.15) is 24.0 Å². The van der Waals surface area contributed by atoms with Gasteiger partial charge in [-0.25, -0.2) is 0 Å². The molecule has 1 nitrogen and oxygen atoms in total. The molecule has 2 heteroatoms. The standard InChI is InChI=1S/C25H21BrO/c1-2-19(20-12-14-23(26)15-13-20)11-10-18-6-5-8-22-17-21-7-3-4-9-24(21)27-25(22)16-18/h2-9,11-15H,1,10,16-17H2/b19-11+. The molecule has 0 spiro atoms. The van der Waals surface area contributed by atoms with Crippen molar-refractivity contribution in [2.45, 2.75) is 19.3 Å². The second-order valence-corrected chi connectivity index (χ2v) is 7.69. The molecule has 1 aliphatic heterocycles. The number of fused-ring (bicyclic) bond motifs is 1. The van der Waals surface area contributed by atoms with Gasteiger partial charge in [0.25, 0.3) is 0 Å². The first-order valence-electron chi connectivity index (χ1n) is 9.15. The molecule has 0 radical (unpaired) electrons. The van der Waals surface area contributed by atoms with Gasteiger partial charge in [-0.05, 0) is 46.9 Å². The molecule has 2 aromatic carbocycles. The molecular weight excluding hydrogens is 396 g/mol. The van der Waals surface area contributed by atoms with Crippen LogP contribution in [0.15, 0.2) is 107 Å². The van der Waals surface area contributed by atoms with Crippen molar-refractivity contribution in [1.29, 1.82) is 0 Å². The quantitative estimate of drug-likeness (QED) is 0.479. The molecule has 0 N–H and O–H groups in total. The van der Waals surface area contributed by atoms with Crippen molar-refractivity contribution in [3.05, 3.63) is 118 Å². The number of allylic oxidation sites excluding steroid dienone is 8. The van der Waals surface area contributed by atoms with Crippen molar-refractivity contribution in [2.24, 2.45) is 0 Å². The van der Waals surface area contributed by atoms with E-state index in [0.717, 1.165) is 40.8 Å². The van der Waals surface area contributed by atoms with E-state index in [1.165, 1.54) is 22.3 Å². The van der Waals surface area contributed by atoms with E-state index < -0.39 is 0 Å². The summed E-state index contributed by atoms with van der Waals surface area (Å²) in [5, 5.41) is 0. The number of hydrogen-bond acceptors (Lipinski definition) is 1. The molecule has 0 saturated carbocycles. The lowest BCUT2D eigenvalue weighted by molar-refractivity contribution is 0.392. The highest BCUT2D eigenvalue weighted by atomic mass is 79.9. The molecule has 0 bridgehead atoms. The van der Waals surface area contributed by atoms with Crippen molar-refractivity contribution in [3.63, 3.8) is 0 Å². The Morgan fingerprint density at radius 1 is 1.07 bits per heavy atom. The molecule has 4 rings (SSSR count). The van der Waals surface area contributed by atoms with Crippen LogP contribution in [-0.4, -0.2) is 0 Å². The lowest BCUT2D eigenvalue weighted by Gasteiger charge is -2.22. The third kappa shape index (κ3) is 4.06. The Kier molecular flexibility index (Phi) is 5.26. The SMILES string of the molecule is C=C/C(=C\CC1=CC=CC2=C(C1)Oc1ccccc1C2)c1ccc(Br)cc1. The minimum atomic E-state index is 0.845. The monoisotopic (exact) mass is 416 g/mol. The summed E-state index contributed by atoms with van der Waals surface area (Å²) in [4.78, 5) is 0. The first-order valence-corrected chi connectivity index (χ1v) is 9.94. The third-order valence-corrected chi connectivity index (χ3v) is 5.47. The predicted molar refractivity (Wildman–Crippen MR) is 117 cm³/mol. The fourth-order valence-corrected chi connectivity index (χ4v) is 3.73. The molecule has 134 valence electrons. The van der Waals surface area contributed by atoms with Gasteiger partial charge in [0.15, 0.2) is 0 Å². The van der Waals surface area contributed by atoms with Gasteiger partial charge in [0.2, 0.25) is 0 Å². The Morgan fingerprint density at radius 3 is 2.70 bits per heavy atom. The van der Waals surface area contributed by atoms with Gasteiger partial charge in [0.05, 0.1) is 0 Å². The van der Waals surface area contributed by atoms with E-state index in [0.29, 0.717) is 0 Å². The second kappa shape index (κ2) is 7.98. The third-order valence-electron chi connectivity index (χ3n) is 4.94. The van der Waals surface area contributed by atoms with Crippen LogP contribution in [0.2, 0.25) is 0 Å². The van der Waals surface area contributed by atoms with Gasteiger partial charge in [0.1, 0.15) is 11.5 Å². The van der Waals surface area contributed by atoms with E-state index in [-0.39, 0.29) is 0 Å². The van der Waals surface area contributed by atoms with Crippen molar-refractivity contribution < 1.29 is 4.74 Å². The highest BCUT2D eigenvalue weighted by Crippen LogP contribution is 2.35. The minimum absolute atomic E-state index is 0.845. The maximum absolute atomic E-state index is 6.22. The zero-order valence-corrected chi connectivity index (χ0v) is 16.7. The minimum Gasteiger partial charge on any atom is -0.461 e. The number of benzene rings is 2. The van der Waals surface area contributed by atoms with E-state index in [1.807, 2.05) is 12.1 Å². The van der Waals surface area contributed by atoms with Crippen molar-refractivity contribution in [2.75, 3.05) is 0 Å². The molecule has 1 heterocycles. The van der Waals surface area contributed by atoms with Crippen LogP contribution in [0.4, 0.5) is 0 Å². The number of para-hydroxylation sites is 1. The van der Waals surface area contributed by atoms with E-state index in [2.05, 4.69) is 89.3 Å². The number of halogens is 1. The van der Waals surface area contributed by atoms with Gasteiger partial charge >= 0.3 is 0 Å². The van der Waals surface area contributed by atoms with Crippen LogP contribution >= 0.6 is 15.9 Å². The molecule has 1 aliphatic carbocycles. The Bertz CT molecular complexity index is 987. The fourth-order valence-electron chi connectivity index (χ4n) is 3.46. The largest absolute Gasteiger partial charge is 0.461 e. The number of ether oxygens (including phenoxy) is 1. The maximum atomic E-state index is 6.22. The summed E-state index contributed by atoms with van der Waals surface area (Å²) in [5.41, 5.74) is 6.21. The van der Waals surface area contributed by atoms with E-state index in [4.69, 9.17) is 4.74 Å². The molecule has 2 aliphatic rings. The first kappa shape index (κ1) is 17.8. The summed E-state index contributed by atoms with van der Waals surface area (Å²) < 4.78 is 7.30. The summed E-state index contributed by atoms with van der Waals surface area (Å²) in [6, 6.07) is 16.6. The van der Waals surface area contributed by atoms with Gasteiger partial charge in [-0.1, -0.05) is 88.8 Å². The van der Waals surface area contributed by atoms with E-state index in [1.54, 1.807) is 0 Å². The molecule has 0 saturated heterocycles. The summed E-state index contributed by atoms with van der Waals surface area (Å²) in [5.74, 6) is 2.06. The highest BCUT2D eigenvalue weighted by Gasteiger charge is 2.19. The normalized spacial score (nSPS) is 16.0. The van der Waals surface area contributed by atoms with Crippen molar-refractivity contribution >= 4 is 21.5 Å². The van der Waals surface area contributed by atoms with Crippen LogP contribution in [0.5, 0.6) is 5.75 Å².